The molecule has 1 aliphatic carbocycles. The summed E-state index contributed by atoms with van der Waals surface area (Å²) in [4.78, 5) is 23.6. The zero-order valence-corrected chi connectivity index (χ0v) is 13.4. The minimum absolute atomic E-state index is 0.256. The first-order chi connectivity index (χ1) is 10.9. The summed E-state index contributed by atoms with van der Waals surface area (Å²) in [5, 5.41) is 14.1. The van der Waals surface area contributed by atoms with Crippen molar-refractivity contribution < 1.29 is 19.1 Å². The first kappa shape index (κ1) is 17.2. The van der Waals surface area contributed by atoms with Gasteiger partial charge in [-0.1, -0.05) is 23.3 Å². The first-order valence-corrected chi connectivity index (χ1v) is 7.76. The van der Waals surface area contributed by atoms with Gasteiger partial charge < -0.3 is 15.2 Å². The van der Waals surface area contributed by atoms with Crippen molar-refractivity contribution in [3.05, 3.63) is 46.8 Å². The fraction of sp³-hybridized carbons (Fsp3) is 0.444. The number of benzene rings is 1. The molecule has 2 atom stereocenters. The highest BCUT2D eigenvalue weighted by Gasteiger charge is 2.33. The molecule has 0 spiro atoms. The molecular formula is C18H21FNO3-. The molecule has 0 saturated carbocycles. The molecule has 1 aliphatic rings. The third kappa shape index (κ3) is 4.41. The van der Waals surface area contributed by atoms with Gasteiger partial charge >= 0.3 is 0 Å². The second-order valence-electron chi connectivity index (χ2n) is 6.17. The molecule has 124 valence electrons. The van der Waals surface area contributed by atoms with E-state index in [0.29, 0.717) is 25.8 Å². The monoisotopic (exact) mass is 318 g/mol. The van der Waals surface area contributed by atoms with Crippen LogP contribution in [0.3, 0.4) is 0 Å². The maximum atomic E-state index is 12.8. The Balaban J connectivity index is 1.93. The Labute approximate surface area is 135 Å². The lowest BCUT2D eigenvalue weighted by Crippen LogP contribution is -2.45. The molecule has 23 heavy (non-hydrogen) atoms. The van der Waals surface area contributed by atoms with Crippen molar-refractivity contribution >= 4 is 11.9 Å². The number of hydrogen-bond donors (Lipinski definition) is 1. The van der Waals surface area contributed by atoms with Crippen LogP contribution in [-0.2, 0) is 16.0 Å². The molecule has 2 rings (SSSR count). The van der Waals surface area contributed by atoms with Crippen LogP contribution in [0.1, 0.15) is 32.3 Å². The highest BCUT2D eigenvalue weighted by Crippen LogP contribution is 2.33. The zero-order chi connectivity index (χ0) is 17.0. The van der Waals surface area contributed by atoms with Crippen molar-refractivity contribution in [2.75, 3.05) is 6.54 Å². The van der Waals surface area contributed by atoms with E-state index in [1.165, 1.54) is 12.1 Å². The van der Waals surface area contributed by atoms with Crippen LogP contribution < -0.4 is 10.4 Å². The fourth-order valence-corrected chi connectivity index (χ4v) is 2.93. The smallest absolute Gasteiger partial charge is 0.224 e. The number of hydrogen-bond acceptors (Lipinski definition) is 3. The summed E-state index contributed by atoms with van der Waals surface area (Å²) in [6.07, 6.45) is 1.39. The molecule has 1 aromatic rings. The molecule has 0 fully saturated rings. The number of carboxylic acid groups (broad SMARTS) is 1. The van der Waals surface area contributed by atoms with E-state index in [1.54, 1.807) is 12.1 Å². The maximum Gasteiger partial charge on any atom is 0.224 e. The number of amides is 1. The zero-order valence-electron chi connectivity index (χ0n) is 13.4. The molecule has 4 nitrogen and oxygen atoms in total. The molecule has 0 radical (unpaired) electrons. The topological polar surface area (TPSA) is 69.2 Å². The maximum absolute atomic E-state index is 12.8. The van der Waals surface area contributed by atoms with Crippen molar-refractivity contribution in [3.63, 3.8) is 0 Å². The van der Waals surface area contributed by atoms with Crippen LogP contribution in [0.5, 0.6) is 0 Å². The van der Waals surface area contributed by atoms with Gasteiger partial charge in [0.05, 0.1) is 0 Å². The lowest BCUT2D eigenvalue weighted by molar-refractivity contribution is -0.313. The van der Waals surface area contributed by atoms with Gasteiger partial charge in [-0.25, -0.2) is 4.39 Å². The van der Waals surface area contributed by atoms with Gasteiger partial charge in [0.15, 0.2) is 0 Å². The Bertz CT molecular complexity index is 622. The van der Waals surface area contributed by atoms with Crippen molar-refractivity contribution in [2.45, 2.75) is 33.1 Å². The third-order valence-electron chi connectivity index (χ3n) is 4.53. The molecule has 0 unspecified atom stereocenters. The second-order valence-corrected chi connectivity index (χ2v) is 6.17. The predicted octanol–water partition coefficient (Wildman–Crippen LogP) is 1.60. The van der Waals surface area contributed by atoms with Crippen molar-refractivity contribution in [3.8, 4) is 0 Å². The van der Waals surface area contributed by atoms with Gasteiger partial charge in [-0.15, -0.1) is 0 Å². The normalized spacial score (nSPS) is 21.2. The van der Waals surface area contributed by atoms with Gasteiger partial charge in [0.25, 0.3) is 0 Å². The molecule has 1 aromatic carbocycles. The average Bonchev–Trinajstić information content (AvgIpc) is 2.51. The Morgan fingerprint density at radius 1 is 1.13 bits per heavy atom. The van der Waals surface area contributed by atoms with Crippen LogP contribution in [0.15, 0.2) is 35.4 Å². The average molecular weight is 318 g/mol. The number of nitrogens with one attached hydrogen (secondary N) is 1. The van der Waals surface area contributed by atoms with E-state index < -0.39 is 17.8 Å². The van der Waals surface area contributed by atoms with Crippen LogP contribution in [0, 0.1) is 17.7 Å². The molecule has 0 saturated heterocycles. The largest absolute Gasteiger partial charge is 0.550 e. The molecular weight excluding hydrogens is 297 g/mol. The number of aliphatic carboxylic acids is 1. The van der Waals surface area contributed by atoms with Gasteiger partial charge in [-0.3, -0.25) is 4.79 Å². The predicted molar refractivity (Wildman–Crippen MR) is 82.7 cm³/mol. The number of carboxylic acids is 1. The van der Waals surface area contributed by atoms with Crippen LogP contribution in [0.4, 0.5) is 4.39 Å². The molecule has 5 heteroatoms. The Morgan fingerprint density at radius 2 is 1.70 bits per heavy atom. The Hall–Kier alpha value is -2.17. The quantitative estimate of drug-likeness (QED) is 0.838. The number of carbonyl (C=O) groups excluding carboxylic acids is 2. The van der Waals surface area contributed by atoms with E-state index in [0.717, 1.165) is 16.7 Å². The highest BCUT2D eigenvalue weighted by atomic mass is 19.1. The number of halogens is 1. The summed E-state index contributed by atoms with van der Waals surface area (Å²) in [5.41, 5.74) is 3.01. The number of carbonyl (C=O) groups is 2. The van der Waals surface area contributed by atoms with Gasteiger partial charge in [0, 0.05) is 24.3 Å². The highest BCUT2D eigenvalue weighted by molar-refractivity contribution is 5.85. The van der Waals surface area contributed by atoms with E-state index in [2.05, 4.69) is 5.32 Å². The number of rotatable bonds is 5. The van der Waals surface area contributed by atoms with Crippen molar-refractivity contribution in [1.82, 2.24) is 5.32 Å². The van der Waals surface area contributed by atoms with E-state index in [-0.39, 0.29) is 11.7 Å². The lowest BCUT2D eigenvalue weighted by atomic mass is 9.76. The SMILES string of the molecule is CC1=C(C)C[C@@H](C(=O)NCCc2ccc(F)cc2)[C@@H](C(=O)[O-])C1. The Kier molecular flexibility index (Phi) is 5.53. The van der Waals surface area contributed by atoms with Crippen LogP contribution >= 0.6 is 0 Å². The van der Waals surface area contributed by atoms with Gasteiger partial charge in [0.1, 0.15) is 5.82 Å². The summed E-state index contributed by atoms with van der Waals surface area (Å²) in [6, 6.07) is 6.09. The molecule has 0 bridgehead atoms. The van der Waals surface area contributed by atoms with Crippen molar-refractivity contribution in [2.24, 2.45) is 11.8 Å². The van der Waals surface area contributed by atoms with E-state index in [4.69, 9.17) is 0 Å². The minimum atomic E-state index is -1.17. The molecule has 1 amide bonds. The number of allylic oxidation sites excluding steroid dienone is 2. The van der Waals surface area contributed by atoms with Gasteiger partial charge in [0.2, 0.25) is 5.91 Å². The summed E-state index contributed by atoms with van der Waals surface area (Å²) < 4.78 is 12.8. The first-order valence-electron chi connectivity index (χ1n) is 7.76. The third-order valence-corrected chi connectivity index (χ3v) is 4.53. The summed E-state index contributed by atoms with van der Waals surface area (Å²) in [6.45, 7) is 4.22. The molecule has 1 N–H and O–H groups in total. The van der Waals surface area contributed by atoms with Crippen LogP contribution in [0.25, 0.3) is 0 Å². The van der Waals surface area contributed by atoms with E-state index in [9.17, 15) is 19.1 Å². The summed E-state index contributed by atoms with van der Waals surface area (Å²) >= 11 is 0. The summed E-state index contributed by atoms with van der Waals surface area (Å²) in [5.74, 6) is -3.08. The van der Waals surface area contributed by atoms with Crippen molar-refractivity contribution in [1.29, 1.82) is 0 Å². The Morgan fingerprint density at radius 3 is 2.26 bits per heavy atom. The van der Waals surface area contributed by atoms with E-state index >= 15 is 0 Å². The lowest BCUT2D eigenvalue weighted by Gasteiger charge is -2.32. The minimum Gasteiger partial charge on any atom is -0.550 e. The van der Waals surface area contributed by atoms with Crippen LogP contribution in [0.2, 0.25) is 0 Å². The standard InChI is InChI=1S/C18H22FNO3/c1-11-9-15(16(18(22)23)10-12(11)2)17(21)20-8-7-13-3-5-14(19)6-4-13/h3-6,15-16H,7-10H2,1-2H3,(H,20,21)(H,22,23)/p-1/t15-,16+/m1/s1. The molecule has 0 aliphatic heterocycles. The fourth-order valence-electron chi connectivity index (χ4n) is 2.93. The second kappa shape index (κ2) is 7.40. The molecule has 0 aromatic heterocycles. The van der Waals surface area contributed by atoms with E-state index in [1.807, 2.05) is 13.8 Å². The summed E-state index contributed by atoms with van der Waals surface area (Å²) in [7, 11) is 0. The van der Waals surface area contributed by atoms with Gasteiger partial charge in [-0.2, -0.15) is 0 Å². The van der Waals surface area contributed by atoms with Crippen LogP contribution in [-0.4, -0.2) is 18.4 Å². The van der Waals surface area contributed by atoms with Gasteiger partial charge in [-0.05, 0) is 50.8 Å². The molecule has 0 heterocycles.